The van der Waals surface area contributed by atoms with E-state index in [0.29, 0.717) is 6.42 Å². The SMILES string of the molecule is Cc1cc(CCCS(C)(=O)=O)cc(C)c1Br. The predicted molar refractivity (Wildman–Crippen MR) is 71.6 cm³/mol. The standard InChI is InChI=1S/C12H17BrO2S/c1-9-7-11(8-10(2)12(9)13)5-4-6-16(3,14)15/h7-8H,4-6H2,1-3H3. The number of hydrogen-bond donors (Lipinski definition) is 0. The molecule has 4 heteroatoms. The lowest BCUT2D eigenvalue weighted by atomic mass is 10.0. The number of hydrogen-bond acceptors (Lipinski definition) is 2. The molecule has 0 atom stereocenters. The van der Waals surface area contributed by atoms with Crippen molar-refractivity contribution in [2.45, 2.75) is 26.7 Å². The first kappa shape index (κ1) is 13.7. The van der Waals surface area contributed by atoms with Gasteiger partial charge in [0.15, 0.2) is 0 Å². The summed E-state index contributed by atoms with van der Waals surface area (Å²) in [5.41, 5.74) is 3.62. The average Bonchev–Trinajstić information content (AvgIpc) is 2.12. The second kappa shape index (κ2) is 5.32. The second-order valence-electron chi connectivity index (χ2n) is 4.28. The molecule has 0 heterocycles. The molecule has 0 spiro atoms. The van der Waals surface area contributed by atoms with Gasteiger partial charge in [-0.2, -0.15) is 0 Å². The van der Waals surface area contributed by atoms with Crippen molar-refractivity contribution in [1.82, 2.24) is 0 Å². The molecule has 0 radical (unpaired) electrons. The van der Waals surface area contributed by atoms with Gasteiger partial charge in [-0.05, 0) is 43.4 Å². The Hall–Kier alpha value is -0.350. The van der Waals surface area contributed by atoms with Gasteiger partial charge >= 0.3 is 0 Å². The van der Waals surface area contributed by atoms with Gasteiger partial charge in [0.05, 0.1) is 5.75 Å². The quantitative estimate of drug-likeness (QED) is 0.857. The largest absolute Gasteiger partial charge is 0.229 e. The summed E-state index contributed by atoms with van der Waals surface area (Å²) in [5, 5.41) is 0. The van der Waals surface area contributed by atoms with E-state index in [1.165, 1.54) is 22.9 Å². The number of aryl methyl sites for hydroxylation is 3. The van der Waals surface area contributed by atoms with Crippen LogP contribution in [0.25, 0.3) is 0 Å². The van der Waals surface area contributed by atoms with E-state index in [1.807, 2.05) is 0 Å². The smallest absolute Gasteiger partial charge is 0.147 e. The van der Waals surface area contributed by atoms with Crippen LogP contribution in [0, 0.1) is 13.8 Å². The maximum Gasteiger partial charge on any atom is 0.147 e. The van der Waals surface area contributed by atoms with Gasteiger partial charge in [-0.3, -0.25) is 0 Å². The van der Waals surface area contributed by atoms with Crippen LogP contribution in [0.15, 0.2) is 16.6 Å². The highest BCUT2D eigenvalue weighted by Crippen LogP contribution is 2.23. The van der Waals surface area contributed by atoms with Crippen molar-refractivity contribution < 1.29 is 8.42 Å². The molecule has 1 aromatic rings. The Bertz CT molecular complexity index is 455. The van der Waals surface area contributed by atoms with Gasteiger partial charge in [0, 0.05) is 10.7 Å². The molecule has 1 rings (SSSR count). The summed E-state index contributed by atoms with van der Waals surface area (Å²) < 4.78 is 23.1. The van der Waals surface area contributed by atoms with Crippen LogP contribution in [0.4, 0.5) is 0 Å². The third kappa shape index (κ3) is 4.26. The first-order valence-corrected chi connectivity index (χ1v) is 8.08. The third-order valence-corrected chi connectivity index (χ3v) is 4.76. The van der Waals surface area contributed by atoms with Gasteiger partial charge in [-0.25, -0.2) is 8.42 Å². The Kier molecular flexibility index (Phi) is 4.56. The van der Waals surface area contributed by atoms with Crippen molar-refractivity contribution in [3.05, 3.63) is 33.3 Å². The molecule has 0 saturated carbocycles. The highest BCUT2D eigenvalue weighted by atomic mass is 79.9. The van der Waals surface area contributed by atoms with E-state index in [2.05, 4.69) is 41.9 Å². The van der Waals surface area contributed by atoms with Crippen molar-refractivity contribution in [1.29, 1.82) is 0 Å². The summed E-state index contributed by atoms with van der Waals surface area (Å²) in [5.74, 6) is 0.265. The zero-order valence-corrected chi connectivity index (χ0v) is 12.3. The summed E-state index contributed by atoms with van der Waals surface area (Å²) in [6, 6.07) is 4.22. The maximum atomic E-state index is 11.0. The Morgan fingerprint density at radius 2 is 1.69 bits per heavy atom. The molecule has 0 aliphatic rings. The highest BCUT2D eigenvalue weighted by molar-refractivity contribution is 9.10. The molecule has 0 fully saturated rings. The molecule has 0 aliphatic heterocycles. The van der Waals surface area contributed by atoms with E-state index in [1.54, 1.807) is 0 Å². The van der Waals surface area contributed by atoms with Crippen LogP contribution in [0.2, 0.25) is 0 Å². The number of benzene rings is 1. The fourth-order valence-corrected chi connectivity index (χ4v) is 2.62. The summed E-state index contributed by atoms with van der Waals surface area (Å²) in [6.45, 7) is 4.11. The fraction of sp³-hybridized carbons (Fsp3) is 0.500. The minimum Gasteiger partial charge on any atom is -0.229 e. The molecule has 1 aromatic carbocycles. The Labute approximate surface area is 106 Å². The molecular weight excluding hydrogens is 288 g/mol. The maximum absolute atomic E-state index is 11.0. The zero-order valence-electron chi connectivity index (χ0n) is 9.88. The molecule has 0 amide bonds. The molecule has 0 aromatic heterocycles. The van der Waals surface area contributed by atoms with Crippen LogP contribution < -0.4 is 0 Å². The van der Waals surface area contributed by atoms with E-state index >= 15 is 0 Å². The van der Waals surface area contributed by atoms with Crippen molar-refractivity contribution in [2.75, 3.05) is 12.0 Å². The molecule has 0 saturated heterocycles. The highest BCUT2D eigenvalue weighted by Gasteiger charge is 2.05. The van der Waals surface area contributed by atoms with Crippen LogP contribution in [-0.2, 0) is 16.3 Å². The molecule has 0 unspecified atom stereocenters. The van der Waals surface area contributed by atoms with Gasteiger partial charge in [-0.15, -0.1) is 0 Å². The van der Waals surface area contributed by atoms with Crippen LogP contribution in [-0.4, -0.2) is 20.4 Å². The van der Waals surface area contributed by atoms with Gasteiger partial charge < -0.3 is 0 Å². The zero-order chi connectivity index (χ0) is 12.3. The summed E-state index contributed by atoms with van der Waals surface area (Å²) in [6.07, 6.45) is 2.80. The molecular formula is C12H17BrO2S. The van der Waals surface area contributed by atoms with Crippen LogP contribution >= 0.6 is 15.9 Å². The normalized spacial score (nSPS) is 11.8. The van der Waals surface area contributed by atoms with Gasteiger partial charge in [0.2, 0.25) is 0 Å². The molecule has 2 nitrogen and oxygen atoms in total. The molecule has 90 valence electrons. The Morgan fingerprint density at radius 3 is 2.12 bits per heavy atom. The number of rotatable bonds is 4. The minimum absolute atomic E-state index is 0.265. The van der Waals surface area contributed by atoms with Gasteiger partial charge in [-0.1, -0.05) is 28.1 Å². The Balaban J connectivity index is 2.69. The lowest BCUT2D eigenvalue weighted by molar-refractivity contribution is 0.599. The van der Waals surface area contributed by atoms with E-state index < -0.39 is 9.84 Å². The van der Waals surface area contributed by atoms with Crippen molar-refractivity contribution >= 4 is 25.8 Å². The molecule has 0 N–H and O–H groups in total. The van der Waals surface area contributed by atoms with E-state index in [9.17, 15) is 8.42 Å². The van der Waals surface area contributed by atoms with Crippen LogP contribution in [0.1, 0.15) is 23.1 Å². The van der Waals surface area contributed by atoms with Crippen molar-refractivity contribution in [3.63, 3.8) is 0 Å². The second-order valence-corrected chi connectivity index (χ2v) is 7.33. The lowest BCUT2D eigenvalue weighted by Gasteiger charge is -2.07. The monoisotopic (exact) mass is 304 g/mol. The fourth-order valence-electron chi connectivity index (χ4n) is 1.72. The summed E-state index contributed by atoms with van der Waals surface area (Å²) >= 11 is 3.52. The minimum atomic E-state index is -2.83. The molecule has 16 heavy (non-hydrogen) atoms. The summed E-state index contributed by atoms with van der Waals surface area (Å²) in [7, 11) is -2.83. The first-order chi connectivity index (χ1) is 7.29. The Morgan fingerprint density at radius 1 is 1.19 bits per heavy atom. The third-order valence-electron chi connectivity index (χ3n) is 2.48. The van der Waals surface area contributed by atoms with E-state index in [-0.39, 0.29) is 5.75 Å². The lowest BCUT2D eigenvalue weighted by Crippen LogP contribution is -2.04. The first-order valence-electron chi connectivity index (χ1n) is 5.23. The van der Waals surface area contributed by atoms with E-state index in [4.69, 9.17) is 0 Å². The number of sulfone groups is 1. The van der Waals surface area contributed by atoms with Gasteiger partial charge in [0.1, 0.15) is 9.84 Å². The molecule has 0 bridgehead atoms. The number of halogens is 1. The predicted octanol–water partition coefficient (Wildman–Crippen LogP) is 3.04. The average molecular weight is 305 g/mol. The summed E-state index contributed by atoms with van der Waals surface area (Å²) in [4.78, 5) is 0. The van der Waals surface area contributed by atoms with Crippen molar-refractivity contribution in [3.8, 4) is 0 Å². The molecule has 0 aliphatic carbocycles. The topological polar surface area (TPSA) is 34.1 Å². The van der Waals surface area contributed by atoms with Crippen LogP contribution in [0.3, 0.4) is 0 Å². The van der Waals surface area contributed by atoms with Crippen LogP contribution in [0.5, 0.6) is 0 Å². The van der Waals surface area contributed by atoms with E-state index in [0.717, 1.165) is 10.9 Å². The van der Waals surface area contributed by atoms with Crippen molar-refractivity contribution in [2.24, 2.45) is 0 Å². The van der Waals surface area contributed by atoms with Gasteiger partial charge in [0.25, 0.3) is 0 Å².